The molecule has 2 aliphatic rings. The van der Waals surface area contributed by atoms with Gasteiger partial charge in [-0.05, 0) is 44.1 Å². The summed E-state index contributed by atoms with van der Waals surface area (Å²) in [5.41, 5.74) is 0. The second kappa shape index (κ2) is 6.33. The first-order chi connectivity index (χ1) is 9.06. The Kier molecular flexibility index (Phi) is 4.75. The van der Waals surface area contributed by atoms with Gasteiger partial charge in [0.15, 0.2) is 0 Å². The van der Waals surface area contributed by atoms with Gasteiger partial charge >= 0.3 is 0 Å². The van der Waals surface area contributed by atoms with E-state index in [0.29, 0.717) is 18.5 Å². The summed E-state index contributed by atoms with van der Waals surface area (Å²) in [5, 5.41) is 3.49. The Balaban J connectivity index is 1.72. The molecule has 2 amide bonds. The largest absolute Gasteiger partial charge is 0.314 e. The molecule has 1 fully saturated rings. The van der Waals surface area contributed by atoms with Gasteiger partial charge in [-0.3, -0.25) is 14.5 Å². The van der Waals surface area contributed by atoms with E-state index in [-0.39, 0.29) is 11.8 Å². The normalized spacial score (nSPS) is 27.6. The van der Waals surface area contributed by atoms with Crippen molar-refractivity contribution in [2.75, 3.05) is 13.1 Å². The van der Waals surface area contributed by atoms with Crippen molar-refractivity contribution in [2.45, 2.75) is 45.6 Å². The van der Waals surface area contributed by atoms with E-state index in [0.717, 1.165) is 25.3 Å². The molecular weight excluding hydrogens is 240 g/mol. The van der Waals surface area contributed by atoms with Crippen molar-refractivity contribution in [3.8, 4) is 0 Å². The summed E-state index contributed by atoms with van der Waals surface area (Å²) in [7, 11) is 0. The van der Waals surface area contributed by atoms with Gasteiger partial charge in [0.05, 0.1) is 0 Å². The van der Waals surface area contributed by atoms with Gasteiger partial charge in [0.2, 0.25) is 0 Å². The average molecular weight is 264 g/mol. The minimum atomic E-state index is -0.145. The summed E-state index contributed by atoms with van der Waals surface area (Å²) in [5.74, 6) is 0.951. The maximum atomic E-state index is 11.5. The van der Waals surface area contributed by atoms with Gasteiger partial charge in [0, 0.05) is 24.7 Å². The smallest absolute Gasteiger partial charge is 0.253 e. The monoisotopic (exact) mass is 264 g/mol. The maximum absolute atomic E-state index is 11.5. The molecule has 1 N–H and O–H groups in total. The molecule has 0 saturated heterocycles. The molecule has 4 heteroatoms. The lowest BCUT2D eigenvalue weighted by Gasteiger charge is -2.31. The first-order valence-electron chi connectivity index (χ1n) is 7.33. The van der Waals surface area contributed by atoms with Crippen molar-refractivity contribution in [3.63, 3.8) is 0 Å². The zero-order valence-electron chi connectivity index (χ0n) is 11.9. The Labute approximate surface area is 115 Å². The zero-order chi connectivity index (χ0) is 13.8. The Morgan fingerprint density at radius 3 is 2.16 bits per heavy atom. The third-order valence-corrected chi connectivity index (χ3v) is 4.12. The van der Waals surface area contributed by atoms with Crippen LogP contribution in [0.1, 0.15) is 39.5 Å². The molecule has 4 nitrogen and oxygen atoms in total. The van der Waals surface area contributed by atoms with Crippen molar-refractivity contribution >= 4 is 11.8 Å². The predicted molar refractivity (Wildman–Crippen MR) is 74.4 cm³/mol. The Morgan fingerprint density at radius 1 is 1.11 bits per heavy atom. The van der Waals surface area contributed by atoms with E-state index in [2.05, 4.69) is 19.2 Å². The van der Waals surface area contributed by atoms with E-state index in [1.54, 1.807) is 0 Å². The molecule has 1 aliphatic carbocycles. The number of hydrogen-bond donors (Lipinski definition) is 1. The van der Waals surface area contributed by atoms with Crippen LogP contribution in [-0.4, -0.2) is 35.8 Å². The van der Waals surface area contributed by atoms with Crippen molar-refractivity contribution in [1.82, 2.24) is 10.2 Å². The molecule has 106 valence electrons. The van der Waals surface area contributed by atoms with E-state index in [9.17, 15) is 9.59 Å². The molecule has 0 aromatic rings. The number of nitrogens with one attached hydrogen (secondary N) is 1. The second-order valence-electron chi connectivity index (χ2n) is 6.07. The molecule has 0 radical (unpaired) electrons. The minimum Gasteiger partial charge on any atom is -0.314 e. The van der Waals surface area contributed by atoms with E-state index < -0.39 is 0 Å². The summed E-state index contributed by atoms with van der Waals surface area (Å²) in [6.07, 6.45) is 7.41. The van der Waals surface area contributed by atoms with Crippen molar-refractivity contribution < 1.29 is 9.59 Å². The van der Waals surface area contributed by atoms with Gasteiger partial charge in [-0.25, -0.2) is 0 Å². The van der Waals surface area contributed by atoms with E-state index in [4.69, 9.17) is 0 Å². The summed E-state index contributed by atoms with van der Waals surface area (Å²) < 4.78 is 0. The number of nitrogens with zero attached hydrogens (tertiary/aromatic N) is 1. The molecule has 0 aromatic heterocycles. The van der Waals surface area contributed by atoms with Crippen LogP contribution in [0.15, 0.2) is 12.2 Å². The number of hydrogen-bond acceptors (Lipinski definition) is 3. The summed E-state index contributed by atoms with van der Waals surface area (Å²) in [6.45, 7) is 6.04. The Hall–Kier alpha value is -1.16. The highest BCUT2D eigenvalue weighted by Gasteiger charge is 2.28. The van der Waals surface area contributed by atoms with Gasteiger partial charge in [-0.1, -0.05) is 13.8 Å². The van der Waals surface area contributed by atoms with Gasteiger partial charge < -0.3 is 5.32 Å². The molecule has 1 aliphatic heterocycles. The Morgan fingerprint density at radius 2 is 1.63 bits per heavy atom. The molecule has 0 spiro atoms. The van der Waals surface area contributed by atoms with Crippen molar-refractivity contribution in [2.24, 2.45) is 11.8 Å². The summed E-state index contributed by atoms with van der Waals surface area (Å²) in [6, 6.07) is 0.545. The highest BCUT2D eigenvalue weighted by molar-refractivity contribution is 6.12. The average Bonchev–Trinajstić information content (AvgIpc) is 2.70. The standard InChI is InChI=1S/C15H24N2O2/c1-11(2)16-9-12-3-5-13(6-4-12)10-17-14(18)7-8-15(17)19/h7-8,11-13,16H,3-6,9-10H2,1-2H3. The molecule has 0 unspecified atom stereocenters. The van der Waals surface area contributed by atoms with Crippen LogP contribution in [0.4, 0.5) is 0 Å². The SMILES string of the molecule is CC(C)NCC1CCC(CN2C(=O)C=CC2=O)CC1. The highest BCUT2D eigenvalue weighted by atomic mass is 16.2. The molecule has 0 atom stereocenters. The van der Waals surface area contributed by atoms with Gasteiger partial charge in [0.25, 0.3) is 11.8 Å². The molecular formula is C15H24N2O2. The van der Waals surface area contributed by atoms with E-state index >= 15 is 0 Å². The second-order valence-corrected chi connectivity index (χ2v) is 6.07. The van der Waals surface area contributed by atoms with Crippen LogP contribution in [0, 0.1) is 11.8 Å². The fraction of sp³-hybridized carbons (Fsp3) is 0.733. The fourth-order valence-electron chi connectivity index (χ4n) is 2.89. The first kappa shape index (κ1) is 14.3. The number of rotatable bonds is 5. The van der Waals surface area contributed by atoms with Gasteiger partial charge in [-0.2, -0.15) is 0 Å². The van der Waals surface area contributed by atoms with E-state index in [1.165, 1.54) is 29.9 Å². The Bertz CT molecular complexity index is 350. The lowest BCUT2D eigenvalue weighted by atomic mass is 9.81. The molecule has 0 aromatic carbocycles. The van der Waals surface area contributed by atoms with Crippen LogP contribution in [0.3, 0.4) is 0 Å². The molecule has 1 heterocycles. The number of carbonyl (C=O) groups excluding carboxylic acids is 2. The summed E-state index contributed by atoms with van der Waals surface area (Å²) in [4.78, 5) is 24.4. The van der Waals surface area contributed by atoms with Gasteiger partial charge in [-0.15, -0.1) is 0 Å². The molecule has 19 heavy (non-hydrogen) atoms. The minimum absolute atomic E-state index is 0.145. The molecule has 2 rings (SSSR count). The lowest BCUT2D eigenvalue weighted by Crippen LogP contribution is -2.37. The number of amides is 2. The van der Waals surface area contributed by atoms with Crippen LogP contribution in [0.25, 0.3) is 0 Å². The highest BCUT2D eigenvalue weighted by Crippen LogP contribution is 2.29. The molecule has 1 saturated carbocycles. The first-order valence-corrected chi connectivity index (χ1v) is 7.33. The molecule has 0 bridgehead atoms. The fourth-order valence-corrected chi connectivity index (χ4v) is 2.89. The quantitative estimate of drug-likeness (QED) is 0.769. The topological polar surface area (TPSA) is 49.4 Å². The third-order valence-electron chi connectivity index (χ3n) is 4.12. The summed E-state index contributed by atoms with van der Waals surface area (Å²) >= 11 is 0. The third kappa shape index (κ3) is 3.90. The van der Waals surface area contributed by atoms with Crippen LogP contribution in [0.2, 0.25) is 0 Å². The van der Waals surface area contributed by atoms with Gasteiger partial charge in [0.1, 0.15) is 0 Å². The number of imide groups is 1. The zero-order valence-corrected chi connectivity index (χ0v) is 11.9. The van der Waals surface area contributed by atoms with Crippen LogP contribution in [-0.2, 0) is 9.59 Å². The van der Waals surface area contributed by atoms with E-state index in [1.807, 2.05) is 0 Å². The predicted octanol–water partition coefficient (Wildman–Crippen LogP) is 1.72. The lowest BCUT2D eigenvalue weighted by molar-refractivity contribution is -0.137. The van der Waals surface area contributed by atoms with Crippen LogP contribution < -0.4 is 5.32 Å². The number of carbonyl (C=O) groups is 2. The van der Waals surface area contributed by atoms with Crippen molar-refractivity contribution in [1.29, 1.82) is 0 Å². The maximum Gasteiger partial charge on any atom is 0.253 e. The van der Waals surface area contributed by atoms with Crippen LogP contribution >= 0.6 is 0 Å². The van der Waals surface area contributed by atoms with Crippen molar-refractivity contribution in [3.05, 3.63) is 12.2 Å². The van der Waals surface area contributed by atoms with Crippen LogP contribution in [0.5, 0.6) is 0 Å².